The molecule has 7 nitrogen and oxygen atoms in total. The Kier molecular flexibility index (Phi) is 4.95. The van der Waals surface area contributed by atoms with Gasteiger partial charge in [-0.05, 0) is 45.2 Å². The third-order valence-corrected chi connectivity index (χ3v) is 4.63. The van der Waals surface area contributed by atoms with Gasteiger partial charge in [0.1, 0.15) is 11.6 Å². The number of hydrogen-bond donors (Lipinski definition) is 2. The molecule has 2 fully saturated rings. The van der Waals surface area contributed by atoms with Crippen LogP contribution >= 0.6 is 0 Å². The lowest BCUT2D eigenvalue weighted by Crippen LogP contribution is -2.42. The van der Waals surface area contributed by atoms with Gasteiger partial charge in [0.2, 0.25) is 0 Å². The van der Waals surface area contributed by atoms with E-state index in [0.717, 1.165) is 51.0 Å². The average Bonchev–Trinajstić information content (AvgIpc) is 3.32. The van der Waals surface area contributed by atoms with Crippen LogP contribution in [0.1, 0.15) is 37.9 Å². The molecule has 7 heteroatoms. The summed E-state index contributed by atoms with van der Waals surface area (Å²) in [4.78, 5) is 24.9. The van der Waals surface area contributed by atoms with Gasteiger partial charge in [0.05, 0.1) is 6.54 Å². The lowest BCUT2D eigenvalue weighted by molar-refractivity contribution is 0.190. The number of nitrogen functional groups attached to an aromatic ring is 1. The number of rotatable bonds is 4. The molecule has 2 amide bonds. The van der Waals surface area contributed by atoms with Crippen molar-refractivity contribution >= 4 is 11.8 Å². The summed E-state index contributed by atoms with van der Waals surface area (Å²) in [5.41, 5.74) is 5.71. The van der Waals surface area contributed by atoms with Crippen LogP contribution in [0.4, 0.5) is 10.6 Å². The first-order chi connectivity index (χ1) is 11.1. The predicted octanol–water partition coefficient (Wildman–Crippen LogP) is 1.22. The zero-order chi connectivity index (χ0) is 16.2. The zero-order valence-corrected chi connectivity index (χ0v) is 13.7. The summed E-state index contributed by atoms with van der Waals surface area (Å²) >= 11 is 0. The van der Waals surface area contributed by atoms with Gasteiger partial charge in [-0.25, -0.2) is 14.8 Å². The van der Waals surface area contributed by atoms with Gasteiger partial charge in [0.25, 0.3) is 0 Å². The number of carbonyl (C=O) groups is 1. The Hall–Kier alpha value is -1.89. The first kappa shape index (κ1) is 16.0. The molecule has 0 aromatic carbocycles. The monoisotopic (exact) mass is 318 g/mol. The minimum Gasteiger partial charge on any atom is -0.384 e. The molecule has 2 heterocycles. The molecule has 1 unspecified atom stereocenters. The Labute approximate surface area is 137 Å². The number of nitrogens with two attached hydrogens (primary N) is 1. The van der Waals surface area contributed by atoms with Crippen LogP contribution in [0.15, 0.2) is 12.3 Å². The van der Waals surface area contributed by atoms with Gasteiger partial charge >= 0.3 is 6.03 Å². The van der Waals surface area contributed by atoms with E-state index >= 15 is 0 Å². The Morgan fingerprint density at radius 1 is 1.39 bits per heavy atom. The number of amides is 2. The van der Waals surface area contributed by atoms with Crippen molar-refractivity contribution in [1.82, 2.24) is 25.1 Å². The highest BCUT2D eigenvalue weighted by Gasteiger charge is 2.28. The van der Waals surface area contributed by atoms with Crippen LogP contribution in [0.25, 0.3) is 0 Å². The third-order valence-electron chi connectivity index (χ3n) is 4.63. The number of nitrogens with one attached hydrogen (secondary N) is 1. The quantitative estimate of drug-likeness (QED) is 0.871. The number of urea groups is 1. The van der Waals surface area contributed by atoms with Crippen molar-refractivity contribution in [1.29, 1.82) is 0 Å². The van der Waals surface area contributed by atoms with Crippen LogP contribution in [0.2, 0.25) is 0 Å². The SMILES string of the molecule is CN(Cc1nccc(N)n1)C1CCCN(C(=O)NC2CC2)CC1. The van der Waals surface area contributed by atoms with E-state index in [2.05, 4.69) is 27.2 Å². The molecule has 1 saturated carbocycles. The lowest BCUT2D eigenvalue weighted by Gasteiger charge is -2.26. The Morgan fingerprint density at radius 2 is 2.22 bits per heavy atom. The molecule has 1 atom stereocenters. The van der Waals surface area contributed by atoms with E-state index in [-0.39, 0.29) is 6.03 Å². The smallest absolute Gasteiger partial charge is 0.317 e. The fourth-order valence-electron chi connectivity index (χ4n) is 3.06. The highest BCUT2D eigenvalue weighted by Crippen LogP contribution is 2.21. The molecule has 3 N–H and O–H groups in total. The van der Waals surface area contributed by atoms with E-state index < -0.39 is 0 Å². The number of aromatic nitrogens is 2. The second-order valence-electron chi connectivity index (χ2n) is 6.61. The largest absolute Gasteiger partial charge is 0.384 e. The van der Waals surface area contributed by atoms with Crippen molar-refractivity contribution < 1.29 is 4.79 Å². The minimum absolute atomic E-state index is 0.106. The molecule has 0 radical (unpaired) electrons. The van der Waals surface area contributed by atoms with E-state index in [0.29, 0.717) is 24.4 Å². The molecule has 1 aliphatic carbocycles. The van der Waals surface area contributed by atoms with Gasteiger partial charge in [-0.15, -0.1) is 0 Å². The van der Waals surface area contributed by atoms with Crippen LogP contribution < -0.4 is 11.1 Å². The van der Waals surface area contributed by atoms with Crippen LogP contribution in [-0.2, 0) is 6.54 Å². The van der Waals surface area contributed by atoms with Gasteiger partial charge < -0.3 is 16.0 Å². The minimum atomic E-state index is 0.106. The van der Waals surface area contributed by atoms with Crippen LogP contribution in [0.5, 0.6) is 0 Å². The summed E-state index contributed by atoms with van der Waals surface area (Å²) in [5, 5.41) is 3.08. The predicted molar refractivity (Wildman–Crippen MR) is 88.7 cm³/mol. The summed E-state index contributed by atoms with van der Waals surface area (Å²) in [6.45, 7) is 2.34. The number of anilines is 1. The molecule has 23 heavy (non-hydrogen) atoms. The molecule has 2 aliphatic rings. The first-order valence-electron chi connectivity index (χ1n) is 8.45. The standard InChI is InChI=1S/C16H26N6O/c1-21(11-15-18-8-6-14(17)20-15)13-3-2-9-22(10-7-13)16(23)19-12-4-5-12/h6,8,12-13H,2-5,7,9-11H2,1H3,(H,19,23)(H2,17,18,20). The van der Waals surface area contributed by atoms with Crippen LogP contribution in [0.3, 0.4) is 0 Å². The first-order valence-corrected chi connectivity index (χ1v) is 8.45. The fourth-order valence-corrected chi connectivity index (χ4v) is 3.06. The number of nitrogens with zero attached hydrogens (tertiary/aromatic N) is 4. The van der Waals surface area contributed by atoms with E-state index in [1.165, 1.54) is 0 Å². The van der Waals surface area contributed by atoms with Crippen LogP contribution in [0, 0.1) is 0 Å². The van der Waals surface area contributed by atoms with Gasteiger partial charge in [0, 0.05) is 31.4 Å². The topological polar surface area (TPSA) is 87.4 Å². The maximum absolute atomic E-state index is 12.2. The van der Waals surface area contributed by atoms with Gasteiger partial charge in [-0.3, -0.25) is 4.90 Å². The molecule has 0 spiro atoms. The van der Waals surface area contributed by atoms with E-state index in [1.54, 1.807) is 12.3 Å². The Morgan fingerprint density at radius 3 is 2.96 bits per heavy atom. The molecular weight excluding hydrogens is 292 g/mol. The van der Waals surface area contributed by atoms with Crippen molar-refractivity contribution in [2.24, 2.45) is 0 Å². The van der Waals surface area contributed by atoms with Gasteiger partial charge in [-0.1, -0.05) is 0 Å². The van der Waals surface area contributed by atoms with Crippen molar-refractivity contribution in [3.63, 3.8) is 0 Å². The Bertz CT molecular complexity index is 547. The second-order valence-corrected chi connectivity index (χ2v) is 6.61. The lowest BCUT2D eigenvalue weighted by atomic mass is 10.1. The van der Waals surface area contributed by atoms with Crippen molar-refractivity contribution in [2.75, 3.05) is 25.9 Å². The molecule has 1 aromatic heterocycles. The molecule has 0 bridgehead atoms. The van der Waals surface area contributed by atoms with Gasteiger partial charge in [0.15, 0.2) is 0 Å². The van der Waals surface area contributed by atoms with Crippen molar-refractivity contribution in [3.8, 4) is 0 Å². The molecule has 1 aromatic rings. The molecule has 1 saturated heterocycles. The molecular formula is C16H26N6O. The number of likely N-dealkylation sites (tertiary alicyclic amines) is 1. The van der Waals surface area contributed by atoms with E-state index in [9.17, 15) is 4.79 Å². The average molecular weight is 318 g/mol. The normalized spacial score (nSPS) is 22.0. The highest BCUT2D eigenvalue weighted by atomic mass is 16.2. The maximum atomic E-state index is 12.2. The van der Waals surface area contributed by atoms with Crippen LogP contribution in [-0.4, -0.2) is 58.0 Å². The number of carbonyl (C=O) groups excluding carboxylic acids is 1. The highest BCUT2D eigenvalue weighted by molar-refractivity contribution is 5.74. The fraction of sp³-hybridized carbons (Fsp3) is 0.688. The molecule has 126 valence electrons. The van der Waals surface area contributed by atoms with Crippen molar-refractivity contribution in [2.45, 2.75) is 50.7 Å². The Balaban J connectivity index is 1.51. The summed E-state index contributed by atoms with van der Waals surface area (Å²) in [7, 11) is 2.09. The summed E-state index contributed by atoms with van der Waals surface area (Å²) in [6, 6.07) is 2.67. The second kappa shape index (κ2) is 7.12. The maximum Gasteiger partial charge on any atom is 0.317 e. The van der Waals surface area contributed by atoms with Gasteiger partial charge in [-0.2, -0.15) is 0 Å². The van der Waals surface area contributed by atoms with E-state index in [1.807, 2.05) is 4.90 Å². The summed E-state index contributed by atoms with van der Waals surface area (Å²) in [6.07, 6.45) is 7.06. The number of hydrogen-bond acceptors (Lipinski definition) is 5. The molecule has 3 rings (SSSR count). The third kappa shape index (κ3) is 4.54. The van der Waals surface area contributed by atoms with E-state index in [4.69, 9.17) is 5.73 Å². The molecule has 1 aliphatic heterocycles. The summed E-state index contributed by atoms with van der Waals surface area (Å²) in [5.74, 6) is 1.26. The zero-order valence-electron chi connectivity index (χ0n) is 13.7. The summed E-state index contributed by atoms with van der Waals surface area (Å²) < 4.78 is 0. The van der Waals surface area contributed by atoms with Crippen molar-refractivity contribution in [3.05, 3.63) is 18.1 Å².